The van der Waals surface area contributed by atoms with Gasteiger partial charge in [-0.2, -0.15) is 0 Å². The third kappa shape index (κ3) is 3.47. The highest BCUT2D eigenvalue weighted by Gasteiger charge is 2.24. The quantitative estimate of drug-likeness (QED) is 0.711. The molecular formula is C12H18N2O5S. The first-order valence-electron chi connectivity index (χ1n) is 5.81. The number of aliphatic hydroxyl groups is 1. The zero-order valence-electron chi connectivity index (χ0n) is 11.5. The summed E-state index contributed by atoms with van der Waals surface area (Å²) in [6.45, 7) is -0.511. The second-order valence-electron chi connectivity index (χ2n) is 4.19. The van der Waals surface area contributed by atoms with Gasteiger partial charge in [-0.1, -0.05) is 12.1 Å². The summed E-state index contributed by atoms with van der Waals surface area (Å²) in [4.78, 5) is 11.5. The molecule has 0 amide bonds. The van der Waals surface area contributed by atoms with Gasteiger partial charge in [-0.05, 0) is 12.1 Å². The van der Waals surface area contributed by atoms with E-state index in [1.807, 2.05) is 0 Å². The highest BCUT2D eigenvalue weighted by Crippen LogP contribution is 2.23. The molecule has 0 aromatic heterocycles. The van der Waals surface area contributed by atoms with Crippen LogP contribution in [0.4, 0.5) is 5.69 Å². The lowest BCUT2D eigenvalue weighted by Crippen LogP contribution is -2.35. The Hall–Kier alpha value is -1.64. The molecule has 1 unspecified atom stereocenters. The number of aliphatic hydroxyl groups excluding tert-OH is 1. The number of nitrogens with one attached hydrogen (secondary N) is 1. The Bertz CT molecular complexity index is 571. The predicted molar refractivity (Wildman–Crippen MR) is 73.8 cm³/mol. The van der Waals surface area contributed by atoms with Gasteiger partial charge in [-0.25, -0.2) is 17.5 Å². The number of hydrogen-bond donors (Lipinski definition) is 2. The molecule has 0 saturated carbocycles. The summed E-state index contributed by atoms with van der Waals surface area (Å²) in [5, 5.41) is 11.8. The molecule has 0 spiro atoms. The zero-order chi connectivity index (χ0) is 15.3. The average molecular weight is 302 g/mol. The van der Waals surface area contributed by atoms with E-state index < -0.39 is 28.6 Å². The molecule has 1 aromatic rings. The molecule has 112 valence electrons. The van der Waals surface area contributed by atoms with Crippen molar-refractivity contribution in [3.8, 4) is 0 Å². The van der Waals surface area contributed by atoms with Crippen LogP contribution in [0.1, 0.15) is 0 Å². The lowest BCUT2D eigenvalue weighted by atomic mass is 10.2. The van der Waals surface area contributed by atoms with E-state index in [2.05, 4.69) is 10.1 Å². The van der Waals surface area contributed by atoms with E-state index in [-0.39, 0.29) is 10.6 Å². The first kappa shape index (κ1) is 16.4. The molecule has 0 fully saturated rings. The first-order valence-corrected chi connectivity index (χ1v) is 7.25. The summed E-state index contributed by atoms with van der Waals surface area (Å²) in [6, 6.07) is 5.11. The minimum absolute atomic E-state index is 0.0207. The fourth-order valence-corrected chi connectivity index (χ4v) is 2.57. The predicted octanol–water partition coefficient (Wildman–Crippen LogP) is -0.117. The normalized spacial score (nSPS) is 13.1. The first-order chi connectivity index (χ1) is 9.34. The smallest absolute Gasteiger partial charge is 0.330 e. The van der Waals surface area contributed by atoms with Crippen molar-refractivity contribution >= 4 is 21.7 Å². The number of hydrogen-bond acceptors (Lipinski definition) is 6. The maximum atomic E-state index is 12.2. The number of methoxy groups -OCH3 is 1. The average Bonchev–Trinajstić information content (AvgIpc) is 2.44. The van der Waals surface area contributed by atoms with E-state index in [1.54, 1.807) is 12.1 Å². The molecule has 2 N–H and O–H groups in total. The van der Waals surface area contributed by atoms with Crippen LogP contribution in [0.25, 0.3) is 0 Å². The van der Waals surface area contributed by atoms with Crippen LogP contribution in [0.2, 0.25) is 0 Å². The van der Waals surface area contributed by atoms with Crippen LogP contribution >= 0.6 is 0 Å². The van der Waals surface area contributed by atoms with Crippen molar-refractivity contribution in [3.05, 3.63) is 24.3 Å². The highest BCUT2D eigenvalue weighted by atomic mass is 32.2. The molecule has 8 heteroatoms. The number of carbonyl (C=O) groups is 1. The van der Waals surface area contributed by atoms with Crippen LogP contribution in [-0.4, -0.2) is 57.7 Å². The fourth-order valence-electron chi connectivity index (χ4n) is 1.52. The third-order valence-corrected chi connectivity index (χ3v) is 4.52. The van der Waals surface area contributed by atoms with E-state index in [0.29, 0.717) is 0 Å². The van der Waals surface area contributed by atoms with Gasteiger partial charge in [0.1, 0.15) is 10.9 Å². The van der Waals surface area contributed by atoms with Crippen molar-refractivity contribution in [2.24, 2.45) is 0 Å². The highest BCUT2D eigenvalue weighted by molar-refractivity contribution is 7.89. The Morgan fingerprint density at radius 1 is 1.40 bits per heavy atom. The lowest BCUT2D eigenvalue weighted by molar-refractivity contribution is -0.142. The topological polar surface area (TPSA) is 95.9 Å². The Kier molecular flexibility index (Phi) is 5.49. The van der Waals surface area contributed by atoms with E-state index in [1.165, 1.54) is 33.3 Å². The monoisotopic (exact) mass is 302 g/mol. The second-order valence-corrected chi connectivity index (χ2v) is 6.31. The minimum atomic E-state index is -3.66. The van der Waals surface area contributed by atoms with E-state index in [0.717, 1.165) is 4.31 Å². The number of para-hydroxylation sites is 1. The summed E-state index contributed by atoms with van der Waals surface area (Å²) < 4.78 is 29.9. The van der Waals surface area contributed by atoms with Gasteiger partial charge in [0.05, 0.1) is 19.4 Å². The van der Waals surface area contributed by atoms with Gasteiger partial charge in [0.25, 0.3) is 0 Å². The number of ether oxygens (including phenoxy) is 1. The van der Waals surface area contributed by atoms with E-state index in [9.17, 15) is 13.2 Å². The Balaban J connectivity index is 3.18. The van der Waals surface area contributed by atoms with Crippen molar-refractivity contribution < 1.29 is 23.1 Å². The van der Waals surface area contributed by atoms with Gasteiger partial charge in [-0.15, -0.1) is 0 Å². The van der Waals surface area contributed by atoms with Crippen molar-refractivity contribution in [3.63, 3.8) is 0 Å². The molecule has 0 aliphatic rings. The summed E-state index contributed by atoms with van der Waals surface area (Å²) in [5.74, 6) is -0.676. The third-order valence-electron chi connectivity index (χ3n) is 2.64. The molecule has 1 rings (SSSR count). The minimum Gasteiger partial charge on any atom is -0.467 e. The molecule has 1 atom stereocenters. The van der Waals surface area contributed by atoms with Crippen molar-refractivity contribution in [2.75, 3.05) is 33.1 Å². The molecule has 0 aliphatic carbocycles. The number of esters is 1. The van der Waals surface area contributed by atoms with Crippen LogP contribution < -0.4 is 5.32 Å². The van der Waals surface area contributed by atoms with Crippen LogP contribution in [0.5, 0.6) is 0 Å². The number of sulfonamides is 1. The largest absolute Gasteiger partial charge is 0.467 e. The SMILES string of the molecule is COC(=O)C(CO)Nc1ccccc1S(=O)(=O)N(C)C. The summed E-state index contributed by atoms with van der Waals surface area (Å²) in [6.07, 6.45) is 0. The number of carbonyl (C=O) groups excluding carboxylic acids is 1. The summed E-state index contributed by atoms with van der Waals surface area (Å²) in [7, 11) is 0.358. The van der Waals surface area contributed by atoms with Gasteiger partial charge in [0.2, 0.25) is 10.0 Å². The fraction of sp³-hybridized carbons (Fsp3) is 0.417. The van der Waals surface area contributed by atoms with Crippen LogP contribution in [0.3, 0.4) is 0 Å². The molecule has 0 saturated heterocycles. The Labute approximate surface area is 118 Å². The summed E-state index contributed by atoms with van der Waals surface area (Å²) >= 11 is 0. The van der Waals surface area contributed by atoms with Gasteiger partial charge < -0.3 is 15.2 Å². The molecule has 0 aliphatic heterocycles. The van der Waals surface area contributed by atoms with Gasteiger partial charge in [0, 0.05) is 14.1 Å². The lowest BCUT2D eigenvalue weighted by Gasteiger charge is -2.19. The Morgan fingerprint density at radius 3 is 2.50 bits per heavy atom. The van der Waals surface area contributed by atoms with Gasteiger partial charge in [0.15, 0.2) is 0 Å². The van der Waals surface area contributed by atoms with Crippen molar-refractivity contribution in [2.45, 2.75) is 10.9 Å². The maximum Gasteiger partial charge on any atom is 0.330 e. The second kappa shape index (κ2) is 6.69. The molecule has 0 radical (unpaired) electrons. The molecule has 7 nitrogen and oxygen atoms in total. The van der Waals surface area contributed by atoms with Gasteiger partial charge in [-0.3, -0.25) is 0 Å². The number of rotatable bonds is 6. The van der Waals surface area contributed by atoms with Crippen molar-refractivity contribution in [1.29, 1.82) is 0 Å². The number of benzene rings is 1. The maximum absolute atomic E-state index is 12.2. The Morgan fingerprint density at radius 2 is 2.00 bits per heavy atom. The van der Waals surface area contributed by atoms with Crippen LogP contribution in [0, 0.1) is 0 Å². The van der Waals surface area contributed by atoms with E-state index >= 15 is 0 Å². The standard InChI is InChI=1S/C12H18N2O5S/c1-14(2)20(17,18)11-7-5-4-6-9(11)13-10(8-15)12(16)19-3/h4-7,10,13,15H,8H2,1-3H3. The molecule has 20 heavy (non-hydrogen) atoms. The summed E-state index contributed by atoms with van der Waals surface area (Å²) in [5.41, 5.74) is 0.227. The zero-order valence-corrected chi connectivity index (χ0v) is 12.3. The van der Waals surface area contributed by atoms with Crippen LogP contribution in [0.15, 0.2) is 29.2 Å². The van der Waals surface area contributed by atoms with Gasteiger partial charge >= 0.3 is 5.97 Å². The molecular weight excluding hydrogens is 284 g/mol. The molecule has 0 heterocycles. The molecule has 0 bridgehead atoms. The van der Waals surface area contributed by atoms with E-state index in [4.69, 9.17) is 5.11 Å². The number of nitrogens with zero attached hydrogens (tertiary/aromatic N) is 1. The molecule has 1 aromatic carbocycles. The van der Waals surface area contributed by atoms with Crippen LogP contribution in [-0.2, 0) is 19.6 Å². The van der Waals surface area contributed by atoms with Crippen molar-refractivity contribution in [1.82, 2.24) is 4.31 Å². The number of anilines is 1.